The van der Waals surface area contributed by atoms with E-state index in [2.05, 4.69) is 5.32 Å². The Labute approximate surface area is 172 Å². The molecule has 1 fully saturated rings. The SMILES string of the molecule is CSc1cccc(N2C[C@@H](C(=O)OCC(=O)Nc3ccccc3C#N)CC2=O)c1. The number of thioether (sulfide) groups is 1. The second-order valence-corrected chi connectivity index (χ2v) is 7.30. The van der Waals surface area contributed by atoms with Crippen LogP contribution in [0.3, 0.4) is 0 Å². The topological polar surface area (TPSA) is 99.5 Å². The lowest BCUT2D eigenvalue weighted by Gasteiger charge is -2.17. The van der Waals surface area contributed by atoms with Crippen LogP contribution >= 0.6 is 11.8 Å². The number of nitrogens with one attached hydrogen (secondary N) is 1. The summed E-state index contributed by atoms with van der Waals surface area (Å²) in [6.07, 6.45) is 1.99. The van der Waals surface area contributed by atoms with Crippen molar-refractivity contribution >= 4 is 40.9 Å². The molecule has 0 radical (unpaired) electrons. The summed E-state index contributed by atoms with van der Waals surface area (Å²) in [4.78, 5) is 39.3. The standard InChI is InChI=1S/C21H19N3O4S/c1-29-17-7-4-6-16(10-17)24-12-15(9-20(24)26)21(27)28-13-19(25)23-18-8-3-2-5-14(18)11-22/h2-8,10,15H,9,12-13H2,1H3,(H,23,25)/t15-/m0/s1. The Kier molecular flexibility index (Phi) is 6.52. The van der Waals surface area contributed by atoms with Crippen LogP contribution in [-0.4, -0.2) is 37.2 Å². The number of hydrogen-bond donors (Lipinski definition) is 1. The number of rotatable bonds is 6. The van der Waals surface area contributed by atoms with Gasteiger partial charge >= 0.3 is 5.97 Å². The van der Waals surface area contributed by atoms with Gasteiger partial charge in [0.15, 0.2) is 6.61 Å². The van der Waals surface area contributed by atoms with Gasteiger partial charge in [-0.15, -0.1) is 11.8 Å². The molecule has 1 heterocycles. The number of carbonyl (C=O) groups is 3. The Morgan fingerprint density at radius 2 is 2.07 bits per heavy atom. The van der Waals surface area contributed by atoms with Crippen LogP contribution in [0.1, 0.15) is 12.0 Å². The van der Waals surface area contributed by atoms with Gasteiger partial charge in [-0.2, -0.15) is 5.26 Å². The van der Waals surface area contributed by atoms with E-state index < -0.39 is 24.4 Å². The highest BCUT2D eigenvalue weighted by Gasteiger charge is 2.36. The maximum absolute atomic E-state index is 12.3. The predicted molar refractivity (Wildman–Crippen MR) is 109 cm³/mol. The first-order chi connectivity index (χ1) is 14.0. The number of para-hydroxylation sites is 1. The second kappa shape index (κ2) is 9.26. The Morgan fingerprint density at radius 1 is 1.28 bits per heavy atom. The maximum atomic E-state index is 12.3. The summed E-state index contributed by atoms with van der Waals surface area (Å²) < 4.78 is 5.09. The molecular formula is C21H19N3O4S. The number of nitriles is 1. The molecule has 1 atom stereocenters. The highest BCUT2D eigenvalue weighted by molar-refractivity contribution is 7.98. The summed E-state index contributed by atoms with van der Waals surface area (Å²) >= 11 is 1.57. The van der Waals surface area contributed by atoms with Gasteiger partial charge in [-0.05, 0) is 36.6 Å². The average molecular weight is 409 g/mol. The minimum atomic E-state index is -0.625. The molecule has 0 bridgehead atoms. The largest absolute Gasteiger partial charge is 0.455 e. The van der Waals surface area contributed by atoms with Gasteiger partial charge in [0.2, 0.25) is 5.91 Å². The Morgan fingerprint density at radius 3 is 2.83 bits per heavy atom. The number of hydrogen-bond acceptors (Lipinski definition) is 6. The van der Waals surface area contributed by atoms with Gasteiger partial charge in [0, 0.05) is 23.5 Å². The molecule has 1 aliphatic heterocycles. The van der Waals surface area contributed by atoms with Crippen LogP contribution in [0.2, 0.25) is 0 Å². The van der Waals surface area contributed by atoms with Gasteiger partial charge < -0.3 is 15.0 Å². The van der Waals surface area contributed by atoms with E-state index in [9.17, 15) is 14.4 Å². The fourth-order valence-electron chi connectivity index (χ4n) is 3.02. The number of anilines is 2. The highest BCUT2D eigenvalue weighted by atomic mass is 32.2. The van der Waals surface area contributed by atoms with Crippen molar-refractivity contribution in [3.05, 3.63) is 54.1 Å². The predicted octanol–water partition coefficient (Wildman–Crippen LogP) is 2.81. The molecule has 2 aromatic rings. The van der Waals surface area contributed by atoms with E-state index in [4.69, 9.17) is 10.00 Å². The molecule has 0 saturated carbocycles. The van der Waals surface area contributed by atoms with Gasteiger partial charge in [0.1, 0.15) is 6.07 Å². The third-order valence-corrected chi connectivity index (χ3v) is 5.22. The van der Waals surface area contributed by atoms with Crippen LogP contribution in [0.25, 0.3) is 0 Å². The van der Waals surface area contributed by atoms with Crippen molar-refractivity contribution in [2.24, 2.45) is 5.92 Å². The quantitative estimate of drug-likeness (QED) is 0.582. The number of carbonyl (C=O) groups excluding carboxylic acids is 3. The monoisotopic (exact) mass is 409 g/mol. The van der Waals surface area contributed by atoms with Crippen molar-refractivity contribution in [3.63, 3.8) is 0 Å². The minimum Gasteiger partial charge on any atom is -0.455 e. The third kappa shape index (κ3) is 4.95. The van der Waals surface area contributed by atoms with Crippen molar-refractivity contribution in [2.75, 3.05) is 29.6 Å². The summed E-state index contributed by atoms with van der Waals surface area (Å²) in [6.45, 7) is -0.264. The van der Waals surface area contributed by atoms with E-state index in [0.717, 1.165) is 10.6 Å². The summed E-state index contributed by atoms with van der Waals surface area (Å²) in [6, 6.07) is 16.1. The first-order valence-corrected chi connectivity index (χ1v) is 10.1. The van der Waals surface area contributed by atoms with Crippen molar-refractivity contribution in [2.45, 2.75) is 11.3 Å². The molecule has 8 heteroatoms. The van der Waals surface area contributed by atoms with Crippen LogP contribution in [-0.2, 0) is 19.1 Å². The summed E-state index contributed by atoms with van der Waals surface area (Å²) in [7, 11) is 0. The minimum absolute atomic E-state index is 0.0429. The highest BCUT2D eigenvalue weighted by Crippen LogP contribution is 2.28. The Balaban J connectivity index is 1.55. The van der Waals surface area contributed by atoms with E-state index in [1.165, 1.54) is 0 Å². The van der Waals surface area contributed by atoms with E-state index in [0.29, 0.717) is 11.3 Å². The van der Waals surface area contributed by atoms with Gasteiger partial charge in [0.05, 0.1) is 17.2 Å². The van der Waals surface area contributed by atoms with Crippen molar-refractivity contribution in [3.8, 4) is 6.07 Å². The first kappa shape index (κ1) is 20.4. The van der Waals surface area contributed by atoms with Crippen LogP contribution in [0, 0.1) is 17.2 Å². The molecule has 3 rings (SSSR count). The molecular weight excluding hydrogens is 390 g/mol. The number of ether oxygens (including phenoxy) is 1. The number of benzene rings is 2. The van der Waals surface area contributed by atoms with Crippen LogP contribution in [0.4, 0.5) is 11.4 Å². The molecule has 0 spiro atoms. The fourth-order valence-corrected chi connectivity index (χ4v) is 3.48. The van der Waals surface area contributed by atoms with Crippen LogP contribution in [0.5, 0.6) is 0 Å². The molecule has 2 aromatic carbocycles. The van der Waals surface area contributed by atoms with Crippen LogP contribution in [0.15, 0.2) is 53.4 Å². The van der Waals surface area contributed by atoms with Crippen molar-refractivity contribution in [1.82, 2.24) is 0 Å². The third-order valence-electron chi connectivity index (χ3n) is 4.49. The van der Waals surface area contributed by atoms with Gasteiger partial charge in [-0.1, -0.05) is 18.2 Å². The Bertz CT molecular complexity index is 986. The smallest absolute Gasteiger partial charge is 0.311 e. The zero-order valence-electron chi connectivity index (χ0n) is 15.8. The zero-order valence-corrected chi connectivity index (χ0v) is 16.6. The molecule has 1 N–H and O–H groups in total. The van der Waals surface area contributed by atoms with Crippen LogP contribution < -0.4 is 10.2 Å². The molecule has 0 aliphatic carbocycles. The molecule has 0 aromatic heterocycles. The van der Waals surface area contributed by atoms with Crippen molar-refractivity contribution in [1.29, 1.82) is 5.26 Å². The second-order valence-electron chi connectivity index (χ2n) is 6.42. The molecule has 7 nitrogen and oxygen atoms in total. The van der Waals surface area contributed by atoms with Gasteiger partial charge in [-0.25, -0.2) is 0 Å². The van der Waals surface area contributed by atoms with Gasteiger partial charge in [-0.3, -0.25) is 14.4 Å². The molecule has 2 amide bonds. The fraction of sp³-hybridized carbons (Fsp3) is 0.238. The van der Waals surface area contributed by atoms with E-state index in [1.54, 1.807) is 40.9 Å². The molecule has 29 heavy (non-hydrogen) atoms. The first-order valence-electron chi connectivity index (χ1n) is 8.92. The molecule has 1 saturated heterocycles. The molecule has 1 aliphatic rings. The number of amides is 2. The summed E-state index contributed by atoms with van der Waals surface area (Å²) in [5.74, 6) is -1.92. The number of esters is 1. The lowest BCUT2D eigenvalue weighted by Crippen LogP contribution is -2.28. The summed E-state index contributed by atoms with van der Waals surface area (Å²) in [5.41, 5.74) is 1.41. The Hall–Kier alpha value is -3.31. The normalized spacial score (nSPS) is 15.7. The molecule has 0 unspecified atom stereocenters. The van der Waals surface area contributed by atoms with E-state index in [1.807, 2.05) is 36.6 Å². The zero-order chi connectivity index (χ0) is 20.8. The van der Waals surface area contributed by atoms with Crippen molar-refractivity contribution < 1.29 is 19.1 Å². The summed E-state index contributed by atoms with van der Waals surface area (Å²) in [5, 5.41) is 11.6. The average Bonchev–Trinajstić information content (AvgIpc) is 3.14. The molecule has 148 valence electrons. The lowest BCUT2D eigenvalue weighted by molar-refractivity contribution is -0.151. The lowest BCUT2D eigenvalue weighted by atomic mass is 10.1. The number of nitrogens with zero attached hydrogens (tertiary/aromatic N) is 2. The maximum Gasteiger partial charge on any atom is 0.311 e. The van der Waals surface area contributed by atoms with E-state index in [-0.39, 0.29) is 18.9 Å². The van der Waals surface area contributed by atoms with Gasteiger partial charge in [0.25, 0.3) is 5.91 Å². The van der Waals surface area contributed by atoms with E-state index >= 15 is 0 Å².